The average Bonchev–Trinajstić information content (AvgIpc) is 2.12. The van der Waals surface area contributed by atoms with Crippen LogP contribution in [0.3, 0.4) is 0 Å². The molecular weight excluding hydrogens is 216 g/mol. The van der Waals surface area contributed by atoms with Gasteiger partial charge in [-0.1, -0.05) is 0 Å². The zero-order valence-electron chi connectivity index (χ0n) is 4.02. The summed E-state index contributed by atoms with van der Waals surface area (Å²) in [5.74, 6) is 0. The van der Waals surface area contributed by atoms with Crippen molar-refractivity contribution in [2.75, 3.05) is 0 Å². The molecule has 0 saturated carbocycles. The van der Waals surface area contributed by atoms with E-state index in [-0.39, 0.29) is 0 Å². The fourth-order valence-electron chi connectivity index (χ4n) is 0.434. The Labute approximate surface area is 54.0 Å². The van der Waals surface area contributed by atoms with Gasteiger partial charge in [-0.2, -0.15) is 0 Å². The molecule has 3 nitrogen and oxygen atoms in total. The Balaban J connectivity index is 3.11. The van der Waals surface area contributed by atoms with E-state index >= 15 is 0 Å². The third-order valence-electron chi connectivity index (χ3n) is 0.777. The van der Waals surface area contributed by atoms with Crippen LogP contribution < -0.4 is 0 Å². The SMILES string of the molecule is [O]=[Sb](=[O])[n]1cccc1. The molecule has 0 bridgehead atoms. The zero-order chi connectivity index (χ0) is 5.98. The maximum atomic E-state index is 10.2. The minimum atomic E-state index is -3.44. The third-order valence-corrected chi connectivity index (χ3v) is 2.61. The summed E-state index contributed by atoms with van der Waals surface area (Å²) in [6.07, 6.45) is 3.06. The van der Waals surface area contributed by atoms with Crippen LogP contribution >= 0.6 is 0 Å². The number of nitrogens with zero attached hydrogens (tertiary/aromatic N) is 1. The standard InChI is InChI=1S/C4H4N.2O.Sb/c1-2-4-5-3-1;;;/h1-4H;;;/q-1;;;+1. The predicted molar refractivity (Wildman–Crippen MR) is 27.0 cm³/mol. The summed E-state index contributed by atoms with van der Waals surface area (Å²) < 4.78 is 21.6. The Morgan fingerprint density at radius 2 is 1.62 bits per heavy atom. The van der Waals surface area contributed by atoms with Gasteiger partial charge >= 0.3 is 53.8 Å². The van der Waals surface area contributed by atoms with Gasteiger partial charge in [0.25, 0.3) is 0 Å². The van der Waals surface area contributed by atoms with E-state index in [0.29, 0.717) is 0 Å². The molecule has 0 N–H and O–H groups in total. The van der Waals surface area contributed by atoms with Gasteiger partial charge in [-0.25, -0.2) is 0 Å². The molecule has 4 heteroatoms. The Morgan fingerprint density at radius 3 is 1.88 bits per heavy atom. The summed E-state index contributed by atoms with van der Waals surface area (Å²) in [5, 5.41) is 0. The Bertz CT molecular complexity index is 216. The quantitative estimate of drug-likeness (QED) is 0.633. The van der Waals surface area contributed by atoms with E-state index in [1.807, 2.05) is 0 Å². The molecule has 0 saturated heterocycles. The third kappa shape index (κ3) is 1.10. The summed E-state index contributed by atoms with van der Waals surface area (Å²) in [6.45, 7) is 0. The van der Waals surface area contributed by atoms with E-state index in [1.165, 1.54) is 15.1 Å². The summed E-state index contributed by atoms with van der Waals surface area (Å²) in [4.78, 5) is 0. The fourth-order valence-corrected chi connectivity index (χ4v) is 1.50. The van der Waals surface area contributed by atoms with Gasteiger partial charge in [0.05, 0.1) is 0 Å². The normalized spacial score (nSPS) is 9.00. The van der Waals surface area contributed by atoms with E-state index in [2.05, 4.69) is 0 Å². The van der Waals surface area contributed by atoms with Gasteiger partial charge < -0.3 is 0 Å². The number of hydrogen-bond donors (Lipinski definition) is 0. The van der Waals surface area contributed by atoms with Crippen LogP contribution in [-0.4, -0.2) is 23.2 Å². The molecule has 1 aromatic rings. The van der Waals surface area contributed by atoms with E-state index in [9.17, 15) is 6.03 Å². The average molecular weight is 220 g/mol. The maximum absolute atomic E-state index is 10.2. The molecule has 0 spiro atoms. The molecule has 1 heterocycles. The van der Waals surface area contributed by atoms with Crippen LogP contribution in [0.2, 0.25) is 0 Å². The Kier molecular flexibility index (Phi) is 1.68. The minimum absolute atomic E-state index is 1.24. The molecule has 0 fully saturated rings. The van der Waals surface area contributed by atoms with Gasteiger partial charge in [0.15, 0.2) is 0 Å². The van der Waals surface area contributed by atoms with Crippen molar-refractivity contribution in [2.45, 2.75) is 0 Å². The summed E-state index contributed by atoms with van der Waals surface area (Å²) in [6, 6.07) is 3.38. The van der Waals surface area contributed by atoms with Crippen molar-refractivity contribution in [1.29, 1.82) is 0 Å². The van der Waals surface area contributed by atoms with E-state index in [4.69, 9.17) is 0 Å². The predicted octanol–water partition coefficient (Wildman–Crippen LogP) is 0.182. The Morgan fingerprint density at radius 1 is 1.12 bits per heavy atom. The molecule has 0 unspecified atom stereocenters. The molecule has 0 amide bonds. The van der Waals surface area contributed by atoms with Gasteiger partial charge in [-0.15, -0.1) is 0 Å². The second kappa shape index (κ2) is 2.31. The van der Waals surface area contributed by atoms with Crippen molar-refractivity contribution >= 4 is 20.5 Å². The molecule has 0 aliphatic rings. The first-order valence-corrected chi connectivity index (χ1v) is 5.31. The second-order valence-corrected chi connectivity index (χ2v) is 3.98. The van der Waals surface area contributed by atoms with Crippen molar-refractivity contribution < 1.29 is 6.03 Å². The van der Waals surface area contributed by atoms with Gasteiger partial charge in [-0.3, -0.25) is 0 Å². The molecule has 0 aliphatic heterocycles. The van der Waals surface area contributed by atoms with Crippen LogP contribution in [0.4, 0.5) is 0 Å². The molecule has 0 radical (unpaired) electrons. The second-order valence-electron chi connectivity index (χ2n) is 1.30. The van der Waals surface area contributed by atoms with E-state index < -0.39 is 20.5 Å². The van der Waals surface area contributed by atoms with E-state index in [0.717, 1.165) is 0 Å². The van der Waals surface area contributed by atoms with Crippen LogP contribution in [0.5, 0.6) is 0 Å². The molecule has 0 aliphatic carbocycles. The van der Waals surface area contributed by atoms with Crippen molar-refractivity contribution in [1.82, 2.24) is 2.73 Å². The van der Waals surface area contributed by atoms with Crippen LogP contribution in [0, 0.1) is 0 Å². The first-order chi connectivity index (χ1) is 3.80. The van der Waals surface area contributed by atoms with Crippen LogP contribution in [0.1, 0.15) is 0 Å². The van der Waals surface area contributed by atoms with Crippen molar-refractivity contribution in [3.63, 3.8) is 0 Å². The van der Waals surface area contributed by atoms with Crippen molar-refractivity contribution in [3.05, 3.63) is 24.5 Å². The van der Waals surface area contributed by atoms with Gasteiger partial charge in [0, 0.05) is 0 Å². The molecular formula is C4H4NO2Sb. The first kappa shape index (κ1) is 5.83. The summed E-state index contributed by atoms with van der Waals surface area (Å²) in [7, 11) is 0. The summed E-state index contributed by atoms with van der Waals surface area (Å²) in [5.41, 5.74) is 0. The fraction of sp³-hybridized carbons (Fsp3) is 0. The molecule has 42 valence electrons. The van der Waals surface area contributed by atoms with Gasteiger partial charge in [0.2, 0.25) is 0 Å². The summed E-state index contributed by atoms with van der Waals surface area (Å²) >= 11 is -3.44. The molecule has 0 aromatic carbocycles. The van der Waals surface area contributed by atoms with Gasteiger partial charge in [-0.05, 0) is 0 Å². The monoisotopic (exact) mass is 219 g/mol. The van der Waals surface area contributed by atoms with Crippen LogP contribution in [-0.2, 0) is 6.03 Å². The number of aromatic nitrogens is 1. The number of hydrogen-bond acceptors (Lipinski definition) is 2. The topological polar surface area (TPSA) is 39.1 Å². The first-order valence-electron chi connectivity index (χ1n) is 2.08. The van der Waals surface area contributed by atoms with Crippen molar-refractivity contribution in [3.8, 4) is 0 Å². The molecule has 1 aromatic heterocycles. The van der Waals surface area contributed by atoms with Crippen LogP contribution in [0.25, 0.3) is 0 Å². The van der Waals surface area contributed by atoms with Crippen LogP contribution in [0.15, 0.2) is 24.5 Å². The van der Waals surface area contributed by atoms with Crippen molar-refractivity contribution in [2.24, 2.45) is 0 Å². The Hall–Kier alpha value is -0.302. The molecule has 8 heavy (non-hydrogen) atoms. The number of rotatable bonds is 1. The van der Waals surface area contributed by atoms with E-state index in [1.54, 1.807) is 12.1 Å². The zero-order valence-corrected chi connectivity index (χ0v) is 6.57. The molecule has 0 atom stereocenters. The molecule has 1 rings (SSSR count). The van der Waals surface area contributed by atoms with Gasteiger partial charge in [0.1, 0.15) is 0 Å².